The van der Waals surface area contributed by atoms with Gasteiger partial charge in [0.25, 0.3) is 0 Å². The van der Waals surface area contributed by atoms with Gasteiger partial charge in [0.2, 0.25) is 0 Å². The van der Waals surface area contributed by atoms with Crippen LogP contribution in [0.3, 0.4) is 0 Å². The summed E-state index contributed by atoms with van der Waals surface area (Å²) in [6.45, 7) is 0. The first kappa shape index (κ1) is 57.1. The molecule has 0 saturated heterocycles. The van der Waals surface area contributed by atoms with Crippen LogP contribution in [0.1, 0.15) is 134 Å². The number of benzene rings is 12. The van der Waals surface area contributed by atoms with Gasteiger partial charge in [-0.1, -0.05) is 164 Å². The van der Waals surface area contributed by atoms with Gasteiger partial charge >= 0.3 is 0 Å². The molecule has 3 aromatic heterocycles. The van der Waals surface area contributed by atoms with Gasteiger partial charge in [0.1, 0.15) is 0 Å². The van der Waals surface area contributed by atoms with Gasteiger partial charge < -0.3 is 14.7 Å². The van der Waals surface area contributed by atoms with Crippen molar-refractivity contribution in [2.75, 3.05) is 14.7 Å². The van der Waals surface area contributed by atoms with Gasteiger partial charge in [-0.15, -0.1) is 0 Å². The number of aromatic nitrogens is 3. The van der Waals surface area contributed by atoms with Gasteiger partial charge in [-0.3, -0.25) is 15.0 Å². The van der Waals surface area contributed by atoms with Crippen LogP contribution in [0.5, 0.6) is 0 Å². The molecule has 6 aliphatic heterocycles. The molecule has 0 amide bonds. The molecule has 0 bridgehead atoms. The molecule has 0 saturated carbocycles. The number of pyridine rings is 3. The van der Waals surface area contributed by atoms with Gasteiger partial charge in [-0.05, 0) is 294 Å². The Balaban J connectivity index is 0.0000000914. The quantitative estimate of drug-likeness (QED) is 0.151. The molecule has 0 spiro atoms. The molecule has 492 valence electrons. The monoisotopic (exact) mass is 1340 g/mol. The molecule has 105 heavy (non-hydrogen) atoms. The molecule has 27 rings (SSSR count). The Hall–Kier alpha value is -12.5. The first-order valence-corrected chi connectivity index (χ1v) is 37.7. The molecular formula is C99H66N6. The fourth-order valence-electron chi connectivity index (χ4n) is 21.2. The van der Waals surface area contributed by atoms with Crippen molar-refractivity contribution in [3.05, 3.63) is 389 Å². The van der Waals surface area contributed by atoms with Crippen LogP contribution in [-0.2, 0) is 77.0 Å². The summed E-state index contributed by atoms with van der Waals surface area (Å²) in [4.78, 5) is 22.2. The summed E-state index contributed by atoms with van der Waals surface area (Å²) in [5, 5.41) is 0. The molecule has 0 atom stereocenters. The van der Waals surface area contributed by atoms with E-state index in [1.54, 1.807) is 0 Å². The molecule has 6 aliphatic carbocycles. The van der Waals surface area contributed by atoms with Crippen LogP contribution in [-0.4, -0.2) is 15.0 Å². The van der Waals surface area contributed by atoms with Crippen LogP contribution >= 0.6 is 0 Å². The molecule has 15 aromatic rings. The zero-order valence-corrected chi connectivity index (χ0v) is 57.9. The summed E-state index contributed by atoms with van der Waals surface area (Å²) >= 11 is 0. The number of hydrogen-bond donors (Lipinski definition) is 0. The molecule has 0 radical (unpaired) electrons. The Bertz CT molecular complexity index is 5870. The van der Waals surface area contributed by atoms with E-state index in [1.165, 1.54) is 252 Å². The molecule has 0 unspecified atom stereocenters. The van der Waals surface area contributed by atoms with E-state index in [0.29, 0.717) is 0 Å². The first-order valence-electron chi connectivity index (χ1n) is 37.7. The molecule has 0 fully saturated rings. The van der Waals surface area contributed by atoms with E-state index in [2.05, 4.69) is 258 Å². The third-order valence-electron chi connectivity index (χ3n) is 25.8. The van der Waals surface area contributed by atoms with Crippen molar-refractivity contribution in [1.82, 2.24) is 15.0 Å². The van der Waals surface area contributed by atoms with Crippen LogP contribution in [0.2, 0.25) is 0 Å². The zero-order chi connectivity index (χ0) is 68.0. The topological polar surface area (TPSA) is 48.4 Å². The zero-order valence-electron chi connectivity index (χ0n) is 57.9. The summed E-state index contributed by atoms with van der Waals surface area (Å²) < 4.78 is 0. The maximum absolute atomic E-state index is 4.92. The van der Waals surface area contributed by atoms with Crippen molar-refractivity contribution in [1.29, 1.82) is 0 Å². The minimum Gasteiger partial charge on any atom is -0.309 e. The second-order valence-electron chi connectivity index (χ2n) is 31.1. The number of nitrogens with zero attached hydrogens (tertiary/aromatic N) is 6. The maximum atomic E-state index is 4.92. The number of fused-ring (bicyclic) bond motifs is 33. The average Bonchev–Trinajstić information content (AvgIpc) is 1.71. The Morgan fingerprint density at radius 1 is 0.190 bits per heavy atom. The van der Waals surface area contributed by atoms with E-state index >= 15 is 0 Å². The van der Waals surface area contributed by atoms with Crippen LogP contribution in [0, 0.1) is 0 Å². The normalized spacial score (nSPS) is 14.9. The van der Waals surface area contributed by atoms with Crippen molar-refractivity contribution >= 4 is 51.2 Å². The van der Waals surface area contributed by atoms with Gasteiger partial charge in [0.15, 0.2) is 0 Å². The van der Waals surface area contributed by atoms with E-state index in [4.69, 9.17) is 15.0 Å². The predicted octanol–water partition coefficient (Wildman–Crippen LogP) is 22.5. The van der Waals surface area contributed by atoms with Crippen LogP contribution in [0.4, 0.5) is 51.2 Å². The maximum Gasteiger partial charge on any atom is 0.0716 e. The second kappa shape index (κ2) is 21.1. The van der Waals surface area contributed by atoms with Crippen molar-refractivity contribution in [2.24, 2.45) is 0 Å². The van der Waals surface area contributed by atoms with Gasteiger partial charge in [0, 0.05) is 63.3 Å². The Morgan fingerprint density at radius 3 is 0.924 bits per heavy atom. The van der Waals surface area contributed by atoms with Crippen molar-refractivity contribution in [3.8, 4) is 66.8 Å². The molecular weight excluding hydrogens is 1270 g/mol. The molecule has 0 N–H and O–H groups in total. The summed E-state index contributed by atoms with van der Waals surface area (Å²) in [5.74, 6) is 0. The van der Waals surface area contributed by atoms with E-state index in [9.17, 15) is 0 Å². The summed E-state index contributed by atoms with van der Waals surface area (Å²) in [6, 6.07) is 86.8. The smallest absolute Gasteiger partial charge is 0.0716 e. The minimum absolute atomic E-state index is 0.899. The highest BCUT2D eigenvalue weighted by Gasteiger charge is 2.41. The third-order valence-corrected chi connectivity index (χ3v) is 25.8. The fraction of sp³-hybridized carbons (Fsp3) is 0.121. The molecule has 6 heteroatoms. The summed E-state index contributed by atoms with van der Waals surface area (Å²) in [5.41, 5.74) is 63.0. The Labute approximate surface area is 609 Å². The van der Waals surface area contributed by atoms with E-state index < -0.39 is 0 Å². The number of anilines is 9. The van der Waals surface area contributed by atoms with E-state index in [-0.39, 0.29) is 0 Å². The van der Waals surface area contributed by atoms with Crippen LogP contribution < -0.4 is 14.7 Å². The lowest BCUT2D eigenvalue weighted by Gasteiger charge is -2.40. The SMILES string of the molecule is c1ccc2c(c1)Cc1cc3c(cc1-2)Cc1ccnc2c1N3c1ccc3c(c1C2)Cc1ccccc1-3.c1ccc2c(c1)Cc1cc3c(cc1-2)Cc1cncc2c1N3c1ccc3c(c1C2)Cc1ccccc1-3.c1ccc2c(c1)Cc1cc3c(cc1-2)Cc1nccc2c1N3c1ccc3c(c1C2)Cc1ccccc1-3. The number of hydrogen-bond acceptors (Lipinski definition) is 6. The van der Waals surface area contributed by atoms with Crippen molar-refractivity contribution in [3.63, 3.8) is 0 Å². The summed E-state index contributed by atoms with van der Waals surface area (Å²) in [6.07, 6.45) is 20.0. The number of rotatable bonds is 0. The predicted molar refractivity (Wildman–Crippen MR) is 423 cm³/mol. The Morgan fingerprint density at radius 2 is 0.495 bits per heavy atom. The lowest BCUT2D eigenvalue weighted by molar-refractivity contribution is 0.948. The van der Waals surface area contributed by atoms with Crippen molar-refractivity contribution in [2.45, 2.75) is 77.0 Å². The van der Waals surface area contributed by atoms with E-state index in [1.807, 2.05) is 12.4 Å². The van der Waals surface area contributed by atoms with Gasteiger partial charge in [0.05, 0.1) is 62.6 Å². The van der Waals surface area contributed by atoms with Crippen molar-refractivity contribution < 1.29 is 0 Å². The van der Waals surface area contributed by atoms with Gasteiger partial charge in [-0.2, -0.15) is 0 Å². The Kier molecular flexibility index (Phi) is 11.5. The highest BCUT2D eigenvalue weighted by atomic mass is 15.2. The highest BCUT2D eigenvalue weighted by molar-refractivity contribution is 5.99. The highest BCUT2D eigenvalue weighted by Crippen LogP contribution is 2.60. The van der Waals surface area contributed by atoms with Gasteiger partial charge in [-0.25, -0.2) is 0 Å². The van der Waals surface area contributed by atoms with E-state index in [0.717, 1.165) is 77.0 Å². The fourth-order valence-corrected chi connectivity index (χ4v) is 21.2. The molecule has 12 aliphatic rings. The van der Waals surface area contributed by atoms with Crippen LogP contribution in [0.25, 0.3) is 66.8 Å². The molecule has 12 aromatic carbocycles. The lowest BCUT2D eigenvalue weighted by Crippen LogP contribution is -2.26. The summed E-state index contributed by atoms with van der Waals surface area (Å²) in [7, 11) is 0. The minimum atomic E-state index is 0.899. The molecule has 6 nitrogen and oxygen atoms in total. The third kappa shape index (κ3) is 8.01. The first-order chi connectivity index (χ1) is 52.0. The standard InChI is InChI=1S/3C33H22N2/c1-4-8-26-19(5-1)11-21-16-32-22(14-28(21)26)12-23-17-34-18-24-15-30-29-13-20-6-2-3-7-25(20)27(29)9-10-31(30)35(32)33(23)24;1-4-8-25-19(5-1)13-22-17-32-23(16-27(22)25)14-21-11-12-34-30-18-29-28-15-20-6-2-3-7-24(20)26(28)9-10-31(29)35(32)33(21)30;1-4-8-25-19(5-1)13-22-18-32-23(16-27(22)25)17-30-33-21(11-12-34-30)15-29-28-14-20-6-2-3-7-24(20)26(28)9-10-31(29)35(32)33/h1-10,14,16-18H,11-13,15H2;1-12,16-17H,13-15,18H2;1-12,16,18H,13-15,17H2. The van der Waals surface area contributed by atoms with Crippen LogP contribution in [0.15, 0.2) is 255 Å². The molecule has 9 heterocycles. The largest absolute Gasteiger partial charge is 0.309 e. The average molecular weight is 1340 g/mol. The lowest BCUT2D eigenvalue weighted by atomic mass is 9.84. The second-order valence-corrected chi connectivity index (χ2v) is 31.1.